The molecule has 2 aliphatic heterocycles. The number of para-hydroxylation sites is 1. The Morgan fingerprint density at radius 2 is 2.10 bits per heavy atom. The summed E-state index contributed by atoms with van der Waals surface area (Å²) in [5, 5.41) is 12.8. The van der Waals surface area contributed by atoms with Crippen LogP contribution in [0.25, 0.3) is 0 Å². The lowest BCUT2D eigenvalue weighted by molar-refractivity contribution is -0.125. The number of phenolic OH excluding ortho intramolecular Hbond substituents is 1. The average molecular weight is 274 g/mol. The molecule has 5 nitrogen and oxygen atoms in total. The van der Waals surface area contributed by atoms with Crippen molar-refractivity contribution in [3.8, 4) is 5.75 Å². The number of carbonyl (C=O) groups is 2. The Balaban J connectivity index is 1.72. The van der Waals surface area contributed by atoms with Crippen LogP contribution in [-0.2, 0) is 4.79 Å². The molecule has 0 saturated carbocycles. The molecule has 1 aromatic rings. The first-order chi connectivity index (χ1) is 9.65. The van der Waals surface area contributed by atoms with Crippen LogP contribution in [-0.4, -0.2) is 41.0 Å². The van der Waals surface area contributed by atoms with E-state index in [2.05, 4.69) is 5.32 Å². The molecule has 0 spiro atoms. The predicted octanol–water partition coefficient (Wildman–Crippen LogP) is 1.13. The minimum Gasteiger partial charge on any atom is -0.507 e. The van der Waals surface area contributed by atoms with E-state index in [1.165, 1.54) is 6.07 Å². The van der Waals surface area contributed by atoms with Crippen LogP contribution in [0.4, 0.5) is 0 Å². The predicted molar refractivity (Wildman–Crippen MR) is 73.3 cm³/mol. The average Bonchev–Trinajstić information content (AvgIpc) is 2.46. The zero-order chi connectivity index (χ0) is 14.1. The Morgan fingerprint density at radius 1 is 1.30 bits per heavy atom. The molecule has 2 saturated heterocycles. The number of piperidine rings is 2. The van der Waals surface area contributed by atoms with E-state index in [0.717, 1.165) is 12.8 Å². The molecule has 1 aromatic carbocycles. The minimum atomic E-state index is -0.126. The van der Waals surface area contributed by atoms with Gasteiger partial charge in [0.2, 0.25) is 5.91 Å². The number of carbonyl (C=O) groups excluding carboxylic acids is 2. The zero-order valence-corrected chi connectivity index (χ0v) is 11.2. The quantitative estimate of drug-likeness (QED) is 0.806. The number of aromatic hydroxyl groups is 1. The van der Waals surface area contributed by atoms with Gasteiger partial charge in [0.05, 0.1) is 5.56 Å². The van der Waals surface area contributed by atoms with Crippen LogP contribution in [0.15, 0.2) is 24.3 Å². The van der Waals surface area contributed by atoms with Gasteiger partial charge in [-0.1, -0.05) is 12.1 Å². The third-order valence-corrected chi connectivity index (χ3v) is 4.24. The third kappa shape index (κ3) is 2.35. The van der Waals surface area contributed by atoms with E-state index in [0.29, 0.717) is 31.0 Å². The molecule has 2 amide bonds. The molecule has 0 aliphatic carbocycles. The number of phenols is 1. The van der Waals surface area contributed by atoms with Crippen molar-refractivity contribution >= 4 is 11.8 Å². The SMILES string of the molecule is O=C1CCC2CN(C(=O)c3ccccc3O)CCC2N1. The summed E-state index contributed by atoms with van der Waals surface area (Å²) in [6.45, 7) is 1.27. The van der Waals surface area contributed by atoms with Crippen molar-refractivity contribution in [3.63, 3.8) is 0 Å². The van der Waals surface area contributed by atoms with E-state index in [1.54, 1.807) is 23.1 Å². The Morgan fingerprint density at radius 3 is 2.90 bits per heavy atom. The number of rotatable bonds is 1. The molecule has 2 atom stereocenters. The first-order valence-corrected chi connectivity index (χ1v) is 7.02. The molecule has 2 unspecified atom stereocenters. The minimum absolute atomic E-state index is 0.0246. The summed E-state index contributed by atoms with van der Waals surface area (Å²) in [4.78, 5) is 25.6. The van der Waals surface area contributed by atoms with Crippen LogP contribution in [0, 0.1) is 5.92 Å². The molecular formula is C15H18N2O3. The second kappa shape index (κ2) is 5.15. The first-order valence-electron chi connectivity index (χ1n) is 7.02. The van der Waals surface area contributed by atoms with Crippen molar-refractivity contribution in [2.45, 2.75) is 25.3 Å². The van der Waals surface area contributed by atoms with Crippen molar-refractivity contribution in [2.75, 3.05) is 13.1 Å². The fourth-order valence-corrected chi connectivity index (χ4v) is 3.12. The van der Waals surface area contributed by atoms with Gasteiger partial charge in [-0.3, -0.25) is 9.59 Å². The van der Waals surface area contributed by atoms with E-state index >= 15 is 0 Å². The molecule has 106 valence electrons. The summed E-state index contributed by atoms with van der Waals surface area (Å²) >= 11 is 0. The first kappa shape index (κ1) is 13.0. The maximum Gasteiger partial charge on any atom is 0.257 e. The molecule has 2 N–H and O–H groups in total. The van der Waals surface area contributed by atoms with Gasteiger partial charge in [0.25, 0.3) is 5.91 Å². The smallest absolute Gasteiger partial charge is 0.257 e. The number of hydrogen-bond acceptors (Lipinski definition) is 3. The van der Waals surface area contributed by atoms with Gasteiger partial charge in [0.1, 0.15) is 5.75 Å². The highest BCUT2D eigenvalue weighted by atomic mass is 16.3. The highest BCUT2D eigenvalue weighted by Crippen LogP contribution is 2.27. The van der Waals surface area contributed by atoms with Crippen LogP contribution in [0.3, 0.4) is 0 Å². The zero-order valence-electron chi connectivity index (χ0n) is 11.2. The van der Waals surface area contributed by atoms with Crippen LogP contribution >= 0.6 is 0 Å². The lowest BCUT2D eigenvalue weighted by atomic mass is 9.85. The maximum absolute atomic E-state index is 12.4. The highest BCUT2D eigenvalue weighted by molar-refractivity contribution is 5.96. The molecule has 20 heavy (non-hydrogen) atoms. The van der Waals surface area contributed by atoms with Crippen molar-refractivity contribution in [1.29, 1.82) is 0 Å². The monoisotopic (exact) mass is 274 g/mol. The van der Waals surface area contributed by atoms with Gasteiger partial charge in [-0.05, 0) is 30.9 Å². The summed E-state index contributed by atoms with van der Waals surface area (Å²) in [5.74, 6) is 0.345. The normalized spacial score (nSPS) is 25.8. The van der Waals surface area contributed by atoms with E-state index < -0.39 is 0 Å². The second-order valence-electron chi connectivity index (χ2n) is 5.53. The topological polar surface area (TPSA) is 69.6 Å². The molecule has 2 fully saturated rings. The summed E-state index contributed by atoms with van der Waals surface area (Å²) in [6, 6.07) is 6.83. The van der Waals surface area contributed by atoms with E-state index in [-0.39, 0.29) is 23.6 Å². The number of nitrogens with one attached hydrogen (secondary N) is 1. The van der Waals surface area contributed by atoms with E-state index in [9.17, 15) is 14.7 Å². The van der Waals surface area contributed by atoms with E-state index in [4.69, 9.17) is 0 Å². The summed E-state index contributed by atoms with van der Waals surface area (Å²) in [5.41, 5.74) is 0.353. The lowest BCUT2D eigenvalue weighted by Gasteiger charge is -2.41. The van der Waals surface area contributed by atoms with Gasteiger partial charge in [-0.15, -0.1) is 0 Å². The van der Waals surface area contributed by atoms with Crippen molar-refractivity contribution in [1.82, 2.24) is 10.2 Å². The lowest BCUT2D eigenvalue weighted by Crippen LogP contribution is -2.55. The molecule has 3 rings (SSSR count). The summed E-state index contributed by atoms with van der Waals surface area (Å²) in [7, 11) is 0. The summed E-state index contributed by atoms with van der Waals surface area (Å²) in [6.07, 6.45) is 2.16. The second-order valence-corrected chi connectivity index (χ2v) is 5.53. The number of amides is 2. The van der Waals surface area contributed by atoms with Crippen LogP contribution < -0.4 is 5.32 Å². The van der Waals surface area contributed by atoms with Gasteiger partial charge in [-0.2, -0.15) is 0 Å². The molecule has 0 aromatic heterocycles. The van der Waals surface area contributed by atoms with E-state index in [1.807, 2.05) is 0 Å². The number of nitrogens with zero attached hydrogens (tertiary/aromatic N) is 1. The third-order valence-electron chi connectivity index (χ3n) is 4.24. The Bertz CT molecular complexity index is 544. The molecule has 2 heterocycles. The largest absolute Gasteiger partial charge is 0.507 e. The number of hydrogen-bond donors (Lipinski definition) is 2. The summed E-state index contributed by atoms with van der Waals surface area (Å²) < 4.78 is 0. The van der Waals surface area contributed by atoms with Gasteiger partial charge < -0.3 is 15.3 Å². The number of likely N-dealkylation sites (tertiary alicyclic amines) is 1. The van der Waals surface area contributed by atoms with Crippen molar-refractivity contribution in [3.05, 3.63) is 29.8 Å². The standard InChI is InChI=1S/C15H18N2O3/c18-13-4-2-1-3-11(13)15(20)17-8-7-12-10(9-17)5-6-14(19)16-12/h1-4,10,12,18H,5-9H2,(H,16,19). The Hall–Kier alpha value is -2.04. The molecular weight excluding hydrogens is 256 g/mol. The number of benzene rings is 1. The van der Waals surface area contributed by atoms with Crippen molar-refractivity contribution < 1.29 is 14.7 Å². The maximum atomic E-state index is 12.4. The van der Waals surface area contributed by atoms with Gasteiger partial charge in [-0.25, -0.2) is 0 Å². The van der Waals surface area contributed by atoms with Crippen LogP contribution in [0.1, 0.15) is 29.6 Å². The van der Waals surface area contributed by atoms with Crippen LogP contribution in [0.2, 0.25) is 0 Å². The fraction of sp³-hybridized carbons (Fsp3) is 0.467. The van der Waals surface area contributed by atoms with Gasteiger partial charge >= 0.3 is 0 Å². The molecule has 0 radical (unpaired) electrons. The Labute approximate surface area is 117 Å². The molecule has 2 aliphatic rings. The molecule has 5 heteroatoms. The van der Waals surface area contributed by atoms with Crippen molar-refractivity contribution in [2.24, 2.45) is 5.92 Å². The van der Waals surface area contributed by atoms with Crippen LogP contribution in [0.5, 0.6) is 5.75 Å². The van der Waals surface area contributed by atoms with Gasteiger partial charge in [0, 0.05) is 25.6 Å². The van der Waals surface area contributed by atoms with Gasteiger partial charge in [0.15, 0.2) is 0 Å². The highest BCUT2D eigenvalue weighted by Gasteiger charge is 2.35. The number of fused-ring (bicyclic) bond motifs is 1. The Kier molecular flexibility index (Phi) is 3.34. The molecule has 0 bridgehead atoms. The fourth-order valence-electron chi connectivity index (χ4n) is 3.12.